The highest BCUT2D eigenvalue weighted by molar-refractivity contribution is 6.00. The Morgan fingerprint density at radius 3 is 2.25 bits per heavy atom. The lowest BCUT2D eigenvalue weighted by Gasteiger charge is -2.32. The lowest BCUT2D eigenvalue weighted by molar-refractivity contribution is -0.137. The number of ether oxygens (including phenoxy) is 1. The van der Waals surface area contributed by atoms with Gasteiger partial charge in [-0.2, -0.15) is 18.3 Å². The van der Waals surface area contributed by atoms with Crippen molar-refractivity contribution >= 4 is 22.7 Å². The number of aryl methyl sites for hydroxylation is 1. The highest BCUT2D eigenvalue weighted by atomic mass is 19.4. The maximum atomic E-state index is 13.1. The maximum Gasteiger partial charge on any atom is 0.416 e. The van der Waals surface area contributed by atoms with Gasteiger partial charge in [0.25, 0.3) is 11.8 Å². The van der Waals surface area contributed by atoms with E-state index in [4.69, 9.17) is 9.84 Å². The van der Waals surface area contributed by atoms with Gasteiger partial charge in [0.1, 0.15) is 11.5 Å². The molecule has 1 saturated heterocycles. The van der Waals surface area contributed by atoms with Crippen molar-refractivity contribution in [1.29, 1.82) is 0 Å². The Labute approximate surface area is 255 Å². The van der Waals surface area contributed by atoms with E-state index in [2.05, 4.69) is 12.2 Å². The fourth-order valence-corrected chi connectivity index (χ4v) is 5.57. The van der Waals surface area contributed by atoms with Crippen LogP contribution in [0.3, 0.4) is 0 Å². The number of carbonyl (C=O) groups is 2. The molecule has 0 unspecified atom stereocenters. The number of piperidine rings is 1. The topological polar surface area (TPSA) is 76.5 Å². The first-order chi connectivity index (χ1) is 21.1. The summed E-state index contributed by atoms with van der Waals surface area (Å²) in [4.78, 5) is 27.7. The summed E-state index contributed by atoms with van der Waals surface area (Å²) in [7, 11) is 0. The molecule has 0 spiro atoms. The number of fused-ring (bicyclic) bond motifs is 1. The standard InChI is InChI=1S/C34H37F3N4O3/c1-3-4-5-18-38-32(42)29-14-15-31-30(23(29)2)22-41(39-31)21-24-16-19-40(20-17-24)33(43)25-6-10-27(11-7-25)44-28-12-8-26(9-13-28)34(35,36)37/h6-15,22,24H,3-5,16-21H2,1-2H3,(H,38,42). The van der Waals surface area contributed by atoms with E-state index in [9.17, 15) is 22.8 Å². The van der Waals surface area contributed by atoms with E-state index in [1.54, 1.807) is 24.3 Å². The number of hydrogen-bond donors (Lipinski definition) is 1. The van der Waals surface area contributed by atoms with E-state index >= 15 is 0 Å². The van der Waals surface area contributed by atoms with Gasteiger partial charge in [-0.1, -0.05) is 19.8 Å². The Morgan fingerprint density at radius 2 is 1.61 bits per heavy atom. The highest BCUT2D eigenvalue weighted by Crippen LogP contribution is 2.32. The molecule has 44 heavy (non-hydrogen) atoms. The average molecular weight is 607 g/mol. The fourth-order valence-electron chi connectivity index (χ4n) is 5.57. The molecule has 0 saturated carbocycles. The number of unbranched alkanes of at least 4 members (excludes halogenated alkanes) is 2. The Kier molecular flexibility index (Phi) is 9.56. The van der Waals surface area contributed by atoms with Crippen LogP contribution in [0.4, 0.5) is 13.2 Å². The third-order valence-electron chi connectivity index (χ3n) is 8.18. The average Bonchev–Trinajstić information content (AvgIpc) is 3.43. The molecule has 232 valence electrons. The quantitative estimate of drug-likeness (QED) is 0.188. The minimum atomic E-state index is -4.40. The molecule has 1 aliphatic heterocycles. The molecular weight excluding hydrogens is 569 g/mol. The summed E-state index contributed by atoms with van der Waals surface area (Å²) in [5.41, 5.74) is 2.26. The molecule has 1 N–H and O–H groups in total. The zero-order valence-electron chi connectivity index (χ0n) is 25.0. The number of nitrogens with one attached hydrogen (secondary N) is 1. The van der Waals surface area contributed by atoms with Crippen LogP contribution in [0.1, 0.15) is 70.9 Å². The summed E-state index contributed by atoms with van der Waals surface area (Å²) in [5.74, 6) is 0.969. The molecule has 0 atom stereocenters. The Balaban J connectivity index is 1.13. The summed E-state index contributed by atoms with van der Waals surface area (Å²) in [6, 6.07) is 14.9. The van der Waals surface area contributed by atoms with Gasteiger partial charge < -0.3 is 15.0 Å². The SMILES string of the molecule is CCCCCNC(=O)c1ccc2nn(CC3CCN(C(=O)c4ccc(Oc5ccc(C(F)(F)F)cc5)cc4)CC3)cc2c1C. The van der Waals surface area contributed by atoms with Gasteiger partial charge in [-0.3, -0.25) is 14.3 Å². The Morgan fingerprint density at radius 1 is 0.955 bits per heavy atom. The molecule has 1 aromatic heterocycles. The molecule has 2 heterocycles. The second-order valence-corrected chi connectivity index (χ2v) is 11.4. The predicted molar refractivity (Wildman–Crippen MR) is 163 cm³/mol. The first kappa shape index (κ1) is 31.1. The van der Waals surface area contributed by atoms with Crippen LogP contribution in [-0.4, -0.2) is 46.1 Å². The van der Waals surface area contributed by atoms with Crippen molar-refractivity contribution in [1.82, 2.24) is 20.0 Å². The second-order valence-electron chi connectivity index (χ2n) is 11.4. The molecular formula is C34H37F3N4O3. The van der Waals surface area contributed by atoms with Crippen molar-refractivity contribution in [2.45, 2.75) is 58.7 Å². The van der Waals surface area contributed by atoms with Gasteiger partial charge in [0.15, 0.2) is 0 Å². The summed E-state index contributed by atoms with van der Waals surface area (Å²) < 4.78 is 45.9. The molecule has 2 amide bonds. The summed E-state index contributed by atoms with van der Waals surface area (Å²) in [6.45, 7) is 6.79. The number of amides is 2. The van der Waals surface area contributed by atoms with Gasteiger partial charge >= 0.3 is 6.18 Å². The normalized spacial score (nSPS) is 14.2. The number of halogens is 3. The molecule has 1 aliphatic rings. The Hall–Kier alpha value is -4.34. The van der Waals surface area contributed by atoms with Crippen LogP contribution in [0.2, 0.25) is 0 Å². The van der Waals surface area contributed by atoms with Crippen molar-refractivity contribution in [3.05, 3.63) is 89.1 Å². The third kappa shape index (κ3) is 7.41. The monoisotopic (exact) mass is 606 g/mol. The minimum Gasteiger partial charge on any atom is -0.457 e. The number of nitrogens with zero attached hydrogens (tertiary/aromatic N) is 3. The first-order valence-corrected chi connectivity index (χ1v) is 15.1. The van der Waals surface area contributed by atoms with Crippen LogP contribution < -0.4 is 10.1 Å². The van der Waals surface area contributed by atoms with Gasteiger partial charge in [-0.15, -0.1) is 0 Å². The first-order valence-electron chi connectivity index (χ1n) is 15.1. The largest absolute Gasteiger partial charge is 0.457 e. The molecule has 5 rings (SSSR count). The zero-order valence-corrected chi connectivity index (χ0v) is 25.0. The number of rotatable bonds is 10. The predicted octanol–water partition coefficient (Wildman–Crippen LogP) is 7.63. The van der Waals surface area contributed by atoms with Crippen molar-refractivity contribution in [2.24, 2.45) is 5.92 Å². The number of alkyl halides is 3. The van der Waals surface area contributed by atoms with Crippen molar-refractivity contribution in [3.8, 4) is 11.5 Å². The van der Waals surface area contributed by atoms with Gasteiger partial charge in [-0.05, 0) is 98.3 Å². The van der Waals surface area contributed by atoms with E-state index in [1.165, 1.54) is 12.1 Å². The van der Waals surface area contributed by atoms with Crippen molar-refractivity contribution in [2.75, 3.05) is 19.6 Å². The van der Waals surface area contributed by atoms with Crippen LogP contribution in [-0.2, 0) is 12.7 Å². The van der Waals surface area contributed by atoms with Crippen molar-refractivity contribution < 1.29 is 27.5 Å². The van der Waals surface area contributed by atoms with E-state index in [1.807, 2.05) is 34.8 Å². The fraction of sp³-hybridized carbons (Fsp3) is 0.382. The van der Waals surface area contributed by atoms with Crippen LogP contribution in [0.5, 0.6) is 11.5 Å². The van der Waals surface area contributed by atoms with Crippen LogP contribution in [0.15, 0.2) is 66.9 Å². The molecule has 4 aromatic rings. The number of hydrogen-bond acceptors (Lipinski definition) is 4. The third-order valence-corrected chi connectivity index (χ3v) is 8.18. The van der Waals surface area contributed by atoms with E-state index < -0.39 is 11.7 Å². The number of likely N-dealkylation sites (tertiary alicyclic amines) is 1. The molecule has 1 fully saturated rings. The molecule has 0 radical (unpaired) electrons. The zero-order chi connectivity index (χ0) is 31.3. The molecule has 7 nitrogen and oxygen atoms in total. The Bertz CT molecular complexity index is 1590. The van der Waals surface area contributed by atoms with E-state index in [0.717, 1.165) is 67.2 Å². The van der Waals surface area contributed by atoms with E-state index in [-0.39, 0.29) is 17.6 Å². The molecule has 0 bridgehead atoms. The minimum absolute atomic E-state index is 0.0494. The lowest BCUT2D eigenvalue weighted by Crippen LogP contribution is -2.39. The maximum absolute atomic E-state index is 13.1. The molecule has 3 aromatic carbocycles. The lowest BCUT2D eigenvalue weighted by atomic mass is 9.96. The molecule has 0 aliphatic carbocycles. The van der Waals surface area contributed by atoms with Gasteiger partial charge in [0.2, 0.25) is 0 Å². The van der Waals surface area contributed by atoms with E-state index in [0.29, 0.717) is 42.4 Å². The molecule has 10 heteroatoms. The highest BCUT2D eigenvalue weighted by Gasteiger charge is 2.30. The van der Waals surface area contributed by atoms with Crippen LogP contribution in [0, 0.1) is 12.8 Å². The van der Waals surface area contributed by atoms with Crippen LogP contribution in [0.25, 0.3) is 10.9 Å². The second kappa shape index (κ2) is 13.5. The van der Waals surface area contributed by atoms with Gasteiger partial charge in [0.05, 0.1) is 11.1 Å². The summed E-state index contributed by atoms with van der Waals surface area (Å²) in [6.07, 6.45) is 2.49. The number of benzene rings is 3. The summed E-state index contributed by atoms with van der Waals surface area (Å²) in [5, 5.41) is 8.75. The smallest absolute Gasteiger partial charge is 0.416 e. The summed E-state index contributed by atoms with van der Waals surface area (Å²) >= 11 is 0. The number of aromatic nitrogens is 2. The van der Waals surface area contributed by atoms with Crippen molar-refractivity contribution in [3.63, 3.8) is 0 Å². The van der Waals surface area contributed by atoms with Gasteiger partial charge in [0, 0.05) is 48.9 Å². The van der Waals surface area contributed by atoms with Crippen LogP contribution >= 0.6 is 0 Å². The van der Waals surface area contributed by atoms with Gasteiger partial charge in [-0.25, -0.2) is 0 Å². The number of carbonyl (C=O) groups excluding carboxylic acids is 2.